The third-order valence-electron chi connectivity index (χ3n) is 3.50. The van der Waals surface area contributed by atoms with Gasteiger partial charge in [0.15, 0.2) is 5.82 Å². The topological polar surface area (TPSA) is 38.9 Å². The molecule has 9 heteroatoms. The fourth-order valence-electron chi connectivity index (χ4n) is 2.46. The minimum atomic E-state index is -2.45. The van der Waals surface area contributed by atoms with Gasteiger partial charge in [-0.2, -0.15) is 8.78 Å². The number of rotatable bonds is 6. The second kappa shape index (κ2) is 8.07. The standard InChI is InChI=1S/C17H17F2N5S2/c1-22(2)11-23-17(25)24(15(21-23)12-4-3-9-20-10-12)13-5-7-14(8-6-13)26-16(18)19/h3-10,16H,11H2,1-2H3. The van der Waals surface area contributed by atoms with Crippen molar-refractivity contribution in [2.75, 3.05) is 14.1 Å². The molecule has 0 saturated heterocycles. The summed E-state index contributed by atoms with van der Waals surface area (Å²) in [5.41, 5.74) is 1.58. The number of hydrogen-bond acceptors (Lipinski definition) is 5. The third-order valence-corrected chi connectivity index (χ3v) is 4.61. The summed E-state index contributed by atoms with van der Waals surface area (Å²) in [7, 11) is 3.86. The molecule has 2 aromatic heterocycles. The highest BCUT2D eigenvalue weighted by atomic mass is 32.2. The van der Waals surface area contributed by atoms with Crippen LogP contribution in [-0.2, 0) is 6.67 Å². The minimum Gasteiger partial charge on any atom is -0.290 e. The molecule has 0 N–H and O–H groups in total. The quantitative estimate of drug-likeness (QED) is 0.461. The van der Waals surface area contributed by atoms with Crippen LogP contribution >= 0.6 is 24.0 Å². The molecule has 26 heavy (non-hydrogen) atoms. The Morgan fingerprint density at radius 1 is 1.19 bits per heavy atom. The van der Waals surface area contributed by atoms with Gasteiger partial charge in [-0.25, -0.2) is 4.68 Å². The van der Waals surface area contributed by atoms with Crippen molar-refractivity contribution in [3.8, 4) is 17.1 Å². The summed E-state index contributed by atoms with van der Waals surface area (Å²) in [4.78, 5) is 6.61. The van der Waals surface area contributed by atoms with Crippen LogP contribution < -0.4 is 0 Å². The highest BCUT2D eigenvalue weighted by molar-refractivity contribution is 7.99. The van der Waals surface area contributed by atoms with Crippen LogP contribution in [0.25, 0.3) is 17.1 Å². The first-order valence-electron chi connectivity index (χ1n) is 7.76. The second-order valence-corrected chi connectivity index (χ2v) is 7.20. The molecule has 0 aliphatic carbocycles. The summed E-state index contributed by atoms with van der Waals surface area (Å²) in [5.74, 6) is -1.80. The lowest BCUT2D eigenvalue weighted by Gasteiger charge is -2.09. The molecule has 0 radical (unpaired) electrons. The maximum absolute atomic E-state index is 12.5. The van der Waals surface area contributed by atoms with Crippen LogP contribution in [0.3, 0.4) is 0 Å². The number of nitrogens with zero attached hydrogens (tertiary/aromatic N) is 5. The number of benzene rings is 1. The summed E-state index contributed by atoms with van der Waals surface area (Å²) in [6, 6.07) is 10.6. The lowest BCUT2D eigenvalue weighted by molar-refractivity contribution is 0.252. The van der Waals surface area contributed by atoms with E-state index < -0.39 is 5.76 Å². The van der Waals surface area contributed by atoms with Crippen LogP contribution in [0.1, 0.15) is 0 Å². The predicted molar refractivity (Wildman–Crippen MR) is 101 cm³/mol. The van der Waals surface area contributed by atoms with Crippen LogP contribution in [0.15, 0.2) is 53.7 Å². The molecule has 3 aromatic rings. The third kappa shape index (κ3) is 4.17. The molecule has 0 spiro atoms. The van der Waals surface area contributed by atoms with Crippen molar-refractivity contribution in [1.29, 1.82) is 0 Å². The molecule has 0 aliphatic heterocycles. The Morgan fingerprint density at radius 3 is 2.50 bits per heavy atom. The number of aromatic nitrogens is 4. The monoisotopic (exact) mass is 393 g/mol. The minimum absolute atomic E-state index is 0.499. The molecular weight excluding hydrogens is 376 g/mol. The zero-order valence-corrected chi connectivity index (χ0v) is 15.8. The molecule has 0 bridgehead atoms. The maximum Gasteiger partial charge on any atom is 0.288 e. The molecule has 0 amide bonds. The van der Waals surface area contributed by atoms with Crippen molar-refractivity contribution in [2.24, 2.45) is 0 Å². The van der Waals surface area contributed by atoms with Gasteiger partial charge in [0.2, 0.25) is 4.77 Å². The van der Waals surface area contributed by atoms with E-state index in [1.165, 1.54) is 0 Å². The molecule has 2 heterocycles. The van der Waals surface area contributed by atoms with Crippen LogP contribution in [0.4, 0.5) is 8.78 Å². The average Bonchev–Trinajstić information content (AvgIpc) is 2.92. The van der Waals surface area contributed by atoms with E-state index in [9.17, 15) is 8.78 Å². The molecule has 0 aliphatic rings. The van der Waals surface area contributed by atoms with Crippen molar-refractivity contribution in [1.82, 2.24) is 24.2 Å². The van der Waals surface area contributed by atoms with E-state index in [4.69, 9.17) is 12.2 Å². The number of alkyl halides is 2. The van der Waals surface area contributed by atoms with E-state index in [1.807, 2.05) is 35.7 Å². The lowest BCUT2D eigenvalue weighted by Crippen LogP contribution is -2.18. The van der Waals surface area contributed by atoms with Gasteiger partial charge in [-0.15, -0.1) is 5.10 Å². The van der Waals surface area contributed by atoms with Crippen molar-refractivity contribution < 1.29 is 8.78 Å². The molecule has 0 fully saturated rings. The first-order chi connectivity index (χ1) is 12.5. The Kier molecular flexibility index (Phi) is 5.80. The molecule has 5 nitrogen and oxygen atoms in total. The average molecular weight is 393 g/mol. The first-order valence-corrected chi connectivity index (χ1v) is 9.04. The molecule has 136 valence electrons. The van der Waals surface area contributed by atoms with Gasteiger partial charge in [-0.05, 0) is 62.7 Å². The van der Waals surface area contributed by atoms with E-state index >= 15 is 0 Å². The SMILES string of the molecule is CN(C)Cn1nc(-c2cccnc2)n(-c2ccc(SC(F)F)cc2)c1=S. The van der Waals surface area contributed by atoms with Crippen LogP contribution in [0.2, 0.25) is 0 Å². The molecule has 0 saturated carbocycles. The second-order valence-electron chi connectivity index (χ2n) is 5.78. The molecule has 0 atom stereocenters. The van der Waals surface area contributed by atoms with E-state index in [-0.39, 0.29) is 0 Å². The van der Waals surface area contributed by atoms with Crippen LogP contribution in [0, 0.1) is 4.77 Å². The van der Waals surface area contributed by atoms with Crippen molar-refractivity contribution >= 4 is 24.0 Å². The summed E-state index contributed by atoms with van der Waals surface area (Å²) in [6.45, 7) is 0.526. The normalized spacial score (nSPS) is 11.5. The van der Waals surface area contributed by atoms with Gasteiger partial charge >= 0.3 is 0 Å². The van der Waals surface area contributed by atoms with Gasteiger partial charge in [0.25, 0.3) is 5.76 Å². The van der Waals surface area contributed by atoms with E-state index in [0.717, 1.165) is 11.3 Å². The van der Waals surface area contributed by atoms with Gasteiger partial charge in [-0.1, -0.05) is 11.8 Å². The Labute approximate surface area is 159 Å². The summed E-state index contributed by atoms with van der Waals surface area (Å²) >= 11 is 6.12. The summed E-state index contributed by atoms with van der Waals surface area (Å²) in [5, 5.41) is 4.64. The Bertz CT molecular complexity index is 921. The van der Waals surface area contributed by atoms with E-state index in [2.05, 4.69) is 10.1 Å². The number of thioether (sulfide) groups is 1. The van der Waals surface area contributed by atoms with Crippen LogP contribution in [0.5, 0.6) is 0 Å². The van der Waals surface area contributed by atoms with Gasteiger partial charge in [0, 0.05) is 22.9 Å². The van der Waals surface area contributed by atoms with Crippen molar-refractivity contribution in [3.63, 3.8) is 0 Å². The fraction of sp³-hybridized carbons (Fsp3) is 0.235. The van der Waals surface area contributed by atoms with E-state index in [1.54, 1.807) is 41.3 Å². The van der Waals surface area contributed by atoms with E-state index in [0.29, 0.717) is 33.9 Å². The number of hydrogen-bond donors (Lipinski definition) is 0. The zero-order chi connectivity index (χ0) is 18.7. The number of halogens is 2. The largest absolute Gasteiger partial charge is 0.290 e. The molecule has 0 unspecified atom stereocenters. The fourth-order valence-corrected chi connectivity index (χ4v) is 3.25. The molecule has 1 aromatic carbocycles. The molecule has 3 rings (SSSR count). The van der Waals surface area contributed by atoms with Gasteiger partial charge in [0.1, 0.15) is 0 Å². The van der Waals surface area contributed by atoms with Crippen molar-refractivity contribution in [2.45, 2.75) is 17.3 Å². The Hall–Kier alpha value is -2.10. The highest BCUT2D eigenvalue weighted by Crippen LogP contribution is 2.27. The Balaban J connectivity index is 2.10. The Morgan fingerprint density at radius 2 is 1.92 bits per heavy atom. The summed E-state index contributed by atoms with van der Waals surface area (Å²) in [6.07, 6.45) is 3.41. The first kappa shape index (κ1) is 18.7. The van der Waals surface area contributed by atoms with Gasteiger partial charge < -0.3 is 0 Å². The van der Waals surface area contributed by atoms with Crippen LogP contribution in [-0.4, -0.2) is 44.1 Å². The predicted octanol–water partition coefficient (Wildman–Crippen LogP) is 4.30. The zero-order valence-electron chi connectivity index (χ0n) is 14.2. The lowest BCUT2D eigenvalue weighted by atomic mass is 10.2. The van der Waals surface area contributed by atoms with Gasteiger partial charge in [-0.3, -0.25) is 14.5 Å². The van der Waals surface area contributed by atoms with Crippen molar-refractivity contribution in [3.05, 3.63) is 53.6 Å². The molecular formula is C17H17F2N5S2. The number of pyridine rings is 1. The summed E-state index contributed by atoms with van der Waals surface area (Å²) < 4.78 is 29.1. The highest BCUT2D eigenvalue weighted by Gasteiger charge is 2.15. The maximum atomic E-state index is 12.5. The smallest absolute Gasteiger partial charge is 0.288 e. The van der Waals surface area contributed by atoms with Gasteiger partial charge in [0.05, 0.1) is 12.4 Å².